The van der Waals surface area contributed by atoms with Crippen molar-refractivity contribution in [2.24, 2.45) is 0 Å². The summed E-state index contributed by atoms with van der Waals surface area (Å²) in [6, 6.07) is 5.16. The number of benzene rings is 1. The lowest BCUT2D eigenvalue weighted by Crippen LogP contribution is -2.02. The summed E-state index contributed by atoms with van der Waals surface area (Å²) in [5.74, 6) is 1.22. The van der Waals surface area contributed by atoms with Crippen molar-refractivity contribution in [3.63, 3.8) is 0 Å². The molecule has 0 spiro atoms. The molecule has 0 fully saturated rings. The summed E-state index contributed by atoms with van der Waals surface area (Å²) in [5.41, 5.74) is -0.412. The van der Waals surface area contributed by atoms with Gasteiger partial charge < -0.3 is 9.47 Å². The highest BCUT2D eigenvalue weighted by Crippen LogP contribution is 2.29. The van der Waals surface area contributed by atoms with Crippen molar-refractivity contribution in [1.82, 2.24) is 0 Å². The molecule has 2 nitrogen and oxygen atoms in total. The highest BCUT2D eigenvalue weighted by atomic mass is 35.5. The number of alkyl halides is 1. The van der Waals surface area contributed by atoms with Crippen LogP contribution in [0.2, 0.25) is 5.02 Å². The second kappa shape index (κ2) is 4.58. The molecule has 1 atom stereocenters. The molecule has 0 amide bonds. The number of hydrogen-bond acceptors (Lipinski definition) is 2. The van der Waals surface area contributed by atoms with E-state index >= 15 is 0 Å². The molecule has 72 valence electrons. The van der Waals surface area contributed by atoms with E-state index in [4.69, 9.17) is 32.7 Å². The minimum absolute atomic E-state index is 0.412. The summed E-state index contributed by atoms with van der Waals surface area (Å²) < 4.78 is 10.3. The van der Waals surface area contributed by atoms with Crippen LogP contribution in [0.25, 0.3) is 0 Å². The van der Waals surface area contributed by atoms with Gasteiger partial charge in [-0.2, -0.15) is 0 Å². The molecule has 1 aromatic rings. The molecular weight excluding hydrogens is 211 g/mol. The van der Waals surface area contributed by atoms with Crippen LogP contribution < -0.4 is 9.47 Å². The predicted octanol–water partition coefficient (Wildman–Crippen LogP) is 3.31. The van der Waals surface area contributed by atoms with Crippen molar-refractivity contribution >= 4 is 23.2 Å². The molecule has 0 saturated carbocycles. The van der Waals surface area contributed by atoms with Crippen LogP contribution in [0.3, 0.4) is 0 Å². The van der Waals surface area contributed by atoms with Gasteiger partial charge in [0, 0.05) is 6.07 Å². The second-order valence-corrected chi connectivity index (χ2v) is 3.48. The molecule has 1 unspecified atom stereocenters. The van der Waals surface area contributed by atoms with Gasteiger partial charge in [-0.1, -0.05) is 23.2 Å². The monoisotopic (exact) mass is 220 g/mol. The predicted molar refractivity (Wildman–Crippen MR) is 53.9 cm³/mol. The molecule has 0 saturated heterocycles. The molecule has 1 rings (SSSR count). The third-order valence-corrected chi connectivity index (χ3v) is 1.83. The smallest absolute Gasteiger partial charge is 0.169 e. The number of ether oxygens (including phenoxy) is 2. The van der Waals surface area contributed by atoms with Crippen LogP contribution in [0.5, 0.6) is 11.5 Å². The average Bonchev–Trinajstić information content (AvgIpc) is 2.08. The molecule has 0 aliphatic heterocycles. The van der Waals surface area contributed by atoms with E-state index in [2.05, 4.69) is 0 Å². The first-order valence-corrected chi connectivity index (χ1v) is 4.59. The Morgan fingerprint density at radius 1 is 1.38 bits per heavy atom. The lowest BCUT2D eigenvalue weighted by Gasteiger charge is -2.10. The van der Waals surface area contributed by atoms with Crippen LogP contribution in [-0.2, 0) is 0 Å². The van der Waals surface area contributed by atoms with Crippen molar-refractivity contribution in [2.45, 2.75) is 12.5 Å². The fourth-order valence-corrected chi connectivity index (χ4v) is 1.13. The van der Waals surface area contributed by atoms with Crippen molar-refractivity contribution in [2.75, 3.05) is 7.11 Å². The number of rotatable bonds is 3. The maximum Gasteiger partial charge on any atom is 0.169 e. The fourth-order valence-electron chi connectivity index (χ4n) is 0.876. The Bertz CT molecular complexity index is 287. The summed E-state index contributed by atoms with van der Waals surface area (Å²) in [7, 11) is 1.58. The molecule has 0 aromatic heterocycles. The minimum Gasteiger partial charge on any atom is -0.497 e. The van der Waals surface area contributed by atoms with Gasteiger partial charge in [0.1, 0.15) is 11.5 Å². The van der Waals surface area contributed by atoms with Gasteiger partial charge in [-0.05, 0) is 19.1 Å². The summed E-state index contributed by atoms with van der Waals surface area (Å²) in [6.07, 6.45) is 0. The van der Waals surface area contributed by atoms with E-state index in [-0.39, 0.29) is 0 Å². The summed E-state index contributed by atoms with van der Waals surface area (Å²) in [6.45, 7) is 1.72. The Kier molecular flexibility index (Phi) is 3.70. The molecule has 13 heavy (non-hydrogen) atoms. The molecule has 0 aliphatic rings. The quantitative estimate of drug-likeness (QED) is 0.729. The largest absolute Gasteiger partial charge is 0.497 e. The van der Waals surface area contributed by atoms with Gasteiger partial charge in [-0.15, -0.1) is 0 Å². The first-order valence-electron chi connectivity index (χ1n) is 3.77. The first-order chi connectivity index (χ1) is 6.13. The highest BCUT2D eigenvalue weighted by Gasteiger charge is 2.05. The Morgan fingerprint density at radius 2 is 2.08 bits per heavy atom. The van der Waals surface area contributed by atoms with Crippen molar-refractivity contribution < 1.29 is 9.47 Å². The van der Waals surface area contributed by atoms with Crippen LogP contribution >= 0.6 is 23.2 Å². The summed E-state index contributed by atoms with van der Waals surface area (Å²) in [5, 5.41) is 0.522. The van der Waals surface area contributed by atoms with Crippen LogP contribution in [0, 0.1) is 0 Å². The zero-order chi connectivity index (χ0) is 9.84. The van der Waals surface area contributed by atoms with Gasteiger partial charge in [0.25, 0.3) is 0 Å². The SMILES string of the molecule is COc1ccc(Cl)c(OC(C)Cl)c1. The molecule has 0 N–H and O–H groups in total. The fraction of sp³-hybridized carbons (Fsp3) is 0.333. The lowest BCUT2D eigenvalue weighted by atomic mass is 10.3. The second-order valence-electron chi connectivity index (χ2n) is 2.46. The van der Waals surface area contributed by atoms with E-state index < -0.39 is 5.56 Å². The average molecular weight is 221 g/mol. The maximum atomic E-state index is 5.86. The van der Waals surface area contributed by atoms with Gasteiger partial charge in [0.05, 0.1) is 12.1 Å². The van der Waals surface area contributed by atoms with Crippen LogP contribution in [0.4, 0.5) is 0 Å². The maximum absolute atomic E-state index is 5.86. The van der Waals surface area contributed by atoms with Crippen LogP contribution in [0.15, 0.2) is 18.2 Å². The Labute approximate surface area is 87.4 Å². The Hall–Kier alpha value is -0.600. The minimum atomic E-state index is -0.412. The molecule has 1 aromatic carbocycles. The Balaban J connectivity index is 2.90. The first kappa shape index (κ1) is 10.5. The van der Waals surface area contributed by atoms with Gasteiger partial charge in [0.15, 0.2) is 5.56 Å². The zero-order valence-corrected chi connectivity index (χ0v) is 8.89. The molecule has 0 aliphatic carbocycles. The number of methoxy groups -OCH3 is 1. The van der Waals surface area contributed by atoms with E-state index in [1.54, 1.807) is 32.2 Å². The van der Waals surface area contributed by atoms with Crippen molar-refractivity contribution in [3.8, 4) is 11.5 Å². The van der Waals surface area contributed by atoms with E-state index in [0.717, 1.165) is 0 Å². The third-order valence-electron chi connectivity index (χ3n) is 1.43. The molecule has 4 heteroatoms. The van der Waals surface area contributed by atoms with Gasteiger partial charge in [0.2, 0.25) is 0 Å². The molecule has 0 heterocycles. The van der Waals surface area contributed by atoms with E-state index in [1.807, 2.05) is 0 Å². The summed E-state index contributed by atoms with van der Waals surface area (Å²) in [4.78, 5) is 0. The van der Waals surface area contributed by atoms with Crippen LogP contribution in [-0.4, -0.2) is 12.7 Å². The Morgan fingerprint density at radius 3 is 2.62 bits per heavy atom. The highest BCUT2D eigenvalue weighted by molar-refractivity contribution is 6.32. The van der Waals surface area contributed by atoms with Crippen molar-refractivity contribution in [1.29, 1.82) is 0 Å². The van der Waals surface area contributed by atoms with Gasteiger partial charge >= 0.3 is 0 Å². The van der Waals surface area contributed by atoms with Crippen LogP contribution in [0.1, 0.15) is 6.92 Å². The zero-order valence-electron chi connectivity index (χ0n) is 7.38. The van der Waals surface area contributed by atoms with E-state index in [1.165, 1.54) is 0 Å². The molecule has 0 bridgehead atoms. The summed E-state index contributed by atoms with van der Waals surface area (Å²) >= 11 is 11.5. The van der Waals surface area contributed by atoms with E-state index in [0.29, 0.717) is 16.5 Å². The number of hydrogen-bond donors (Lipinski definition) is 0. The van der Waals surface area contributed by atoms with E-state index in [9.17, 15) is 0 Å². The standard InChI is InChI=1S/C9H10Cl2O2/c1-6(10)13-9-5-7(12-2)3-4-8(9)11/h3-6H,1-2H3. The molecule has 0 radical (unpaired) electrons. The van der Waals surface area contributed by atoms with Gasteiger partial charge in [-0.3, -0.25) is 0 Å². The third kappa shape index (κ3) is 2.98. The number of halogens is 2. The van der Waals surface area contributed by atoms with Gasteiger partial charge in [-0.25, -0.2) is 0 Å². The normalized spacial score (nSPS) is 12.3. The van der Waals surface area contributed by atoms with Crippen molar-refractivity contribution in [3.05, 3.63) is 23.2 Å². The topological polar surface area (TPSA) is 18.5 Å². The lowest BCUT2D eigenvalue weighted by molar-refractivity contribution is 0.299. The molecular formula is C9H10Cl2O2.